The van der Waals surface area contributed by atoms with Gasteiger partial charge in [-0.15, -0.1) is 0 Å². The molecule has 0 aliphatic carbocycles. The largest absolute Gasteiger partial charge is 0.467 e. The second-order valence-electron chi connectivity index (χ2n) is 4.00. The Labute approximate surface area is 114 Å². The highest BCUT2D eigenvalue weighted by Crippen LogP contribution is 2.27. The molecule has 1 unspecified atom stereocenters. The molecule has 0 bridgehead atoms. The van der Waals surface area contributed by atoms with Gasteiger partial charge in [-0.2, -0.15) is 0 Å². The summed E-state index contributed by atoms with van der Waals surface area (Å²) in [5.41, 5.74) is 0.923. The number of rotatable bonds is 3. The standard InChI is InChI=1S/C14H13BrO3/c1-18-14(17)13(16)8-9-6-7-12(15)11-5-3-2-4-10(9)11/h2-7,13,16H,8H2,1H3. The number of halogens is 1. The summed E-state index contributed by atoms with van der Waals surface area (Å²) in [6, 6.07) is 11.7. The van der Waals surface area contributed by atoms with Crippen molar-refractivity contribution in [2.45, 2.75) is 12.5 Å². The molecule has 0 aromatic heterocycles. The third-order valence-corrected chi connectivity index (χ3v) is 3.54. The minimum absolute atomic E-state index is 0.250. The van der Waals surface area contributed by atoms with Gasteiger partial charge < -0.3 is 9.84 Å². The van der Waals surface area contributed by atoms with Gasteiger partial charge in [-0.1, -0.05) is 46.3 Å². The van der Waals surface area contributed by atoms with Gasteiger partial charge in [-0.05, 0) is 22.4 Å². The Bertz CT molecular complexity index is 580. The van der Waals surface area contributed by atoms with Gasteiger partial charge in [0, 0.05) is 10.9 Å². The van der Waals surface area contributed by atoms with Crippen molar-refractivity contribution in [2.24, 2.45) is 0 Å². The summed E-state index contributed by atoms with van der Waals surface area (Å²) in [7, 11) is 1.27. The van der Waals surface area contributed by atoms with Gasteiger partial charge in [0.25, 0.3) is 0 Å². The van der Waals surface area contributed by atoms with Gasteiger partial charge in [-0.3, -0.25) is 0 Å². The SMILES string of the molecule is COC(=O)C(O)Cc1ccc(Br)c2ccccc12. The number of aliphatic hydroxyl groups excluding tert-OH is 1. The molecule has 1 N–H and O–H groups in total. The minimum Gasteiger partial charge on any atom is -0.467 e. The molecule has 0 spiro atoms. The molecular formula is C14H13BrO3. The number of aliphatic hydroxyl groups is 1. The molecule has 0 aliphatic heterocycles. The number of fused-ring (bicyclic) bond motifs is 1. The van der Waals surface area contributed by atoms with Crippen LogP contribution in [0.4, 0.5) is 0 Å². The Morgan fingerprint density at radius 3 is 2.61 bits per heavy atom. The van der Waals surface area contributed by atoms with Gasteiger partial charge >= 0.3 is 5.97 Å². The van der Waals surface area contributed by atoms with Crippen LogP contribution in [-0.4, -0.2) is 24.3 Å². The molecule has 0 heterocycles. The molecule has 1 atom stereocenters. The molecule has 0 fully saturated rings. The Hall–Kier alpha value is -1.39. The van der Waals surface area contributed by atoms with Crippen LogP contribution in [0.2, 0.25) is 0 Å². The van der Waals surface area contributed by atoms with Crippen molar-refractivity contribution in [1.82, 2.24) is 0 Å². The van der Waals surface area contributed by atoms with Gasteiger partial charge in [0.05, 0.1) is 7.11 Å². The fourth-order valence-electron chi connectivity index (χ4n) is 1.93. The van der Waals surface area contributed by atoms with Crippen LogP contribution in [0.1, 0.15) is 5.56 Å². The van der Waals surface area contributed by atoms with Crippen molar-refractivity contribution in [1.29, 1.82) is 0 Å². The van der Waals surface area contributed by atoms with Crippen molar-refractivity contribution >= 4 is 32.7 Å². The topological polar surface area (TPSA) is 46.5 Å². The van der Waals surface area contributed by atoms with Gasteiger partial charge in [0.2, 0.25) is 0 Å². The van der Waals surface area contributed by atoms with Crippen LogP contribution >= 0.6 is 15.9 Å². The fourth-order valence-corrected chi connectivity index (χ4v) is 2.41. The fraction of sp³-hybridized carbons (Fsp3) is 0.214. The number of ether oxygens (including phenoxy) is 1. The number of benzene rings is 2. The summed E-state index contributed by atoms with van der Waals surface area (Å²) in [6.45, 7) is 0. The van der Waals surface area contributed by atoms with E-state index < -0.39 is 12.1 Å². The minimum atomic E-state index is -1.13. The molecular weight excluding hydrogens is 296 g/mol. The van der Waals surface area contributed by atoms with E-state index in [0.29, 0.717) is 0 Å². The van der Waals surface area contributed by atoms with Crippen molar-refractivity contribution in [3.05, 3.63) is 46.4 Å². The van der Waals surface area contributed by atoms with E-state index in [9.17, 15) is 9.90 Å². The maximum atomic E-state index is 11.2. The molecule has 0 aliphatic rings. The highest BCUT2D eigenvalue weighted by Gasteiger charge is 2.17. The smallest absolute Gasteiger partial charge is 0.335 e. The lowest BCUT2D eigenvalue weighted by molar-refractivity contribution is -0.150. The predicted octanol–water partition coefficient (Wildman–Crippen LogP) is 2.68. The first-order valence-electron chi connectivity index (χ1n) is 5.55. The molecule has 0 radical (unpaired) electrons. The third-order valence-electron chi connectivity index (χ3n) is 2.85. The molecule has 0 saturated carbocycles. The van der Waals surface area contributed by atoms with Crippen molar-refractivity contribution in [3.8, 4) is 0 Å². The first kappa shape index (κ1) is 13.1. The van der Waals surface area contributed by atoms with E-state index in [-0.39, 0.29) is 6.42 Å². The highest BCUT2D eigenvalue weighted by atomic mass is 79.9. The summed E-state index contributed by atoms with van der Waals surface area (Å²) in [5, 5.41) is 11.8. The molecule has 4 heteroatoms. The molecule has 3 nitrogen and oxygen atoms in total. The first-order chi connectivity index (χ1) is 8.63. The second kappa shape index (κ2) is 5.50. The van der Waals surface area contributed by atoms with Gasteiger partial charge in [0.15, 0.2) is 6.10 Å². The Balaban J connectivity index is 2.40. The Morgan fingerprint density at radius 1 is 1.28 bits per heavy atom. The number of hydrogen-bond donors (Lipinski definition) is 1. The molecule has 94 valence electrons. The quantitative estimate of drug-likeness (QED) is 0.887. The van der Waals surface area contributed by atoms with Crippen molar-refractivity contribution < 1.29 is 14.6 Å². The van der Waals surface area contributed by atoms with Crippen LogP contribution in [-0.2, 0) is 16.0 Å². The number of hydrogen-bond acceptors (Lipinski definition) is 3. The summed E-state index contributed by atoms with van der Waals surface area (Å²) in [6.07, 6.45) is -0.875. The number of carbonyl (C=O) groups is 1. The van der Waals surface area contributed by atoms with Crippen LogP contribution in [0.5, 0.6) is 0 Å². The lowest BCUT2D eigenvalue weighted by Gasteiger charge is -2.11. The van der Waals surface area contributed by atoms with E-state index in [0.717, 1.165) is 20.8 Å². The van der Waals surface area contributed by atoms with Crippen LogP contribution in [0.25, 0.3) is 10.8 Å². The zero-order chi connectivity index (χ0) is 13.1. The molecule has 2 aromatic rings. The molecule has 18 heavy (non-hydrogen) atoms. The Morgan fingerprint density at radius 2 is 1.94 bits per heavy atom. The number of methoxy groups -OCH3 is 1. The lowest BCUT2D eigenvalue weighted by atomic mass is 10.00. The van der Waals surface area contributed by atoms with Crippen molar-refractivity contribution in [2.75, 3.05) is 7.11 Å². The molecule has 0 saturated heterocycles. The van der Waals surface area contributed by atoms with E-state index in [1.165, 1.54) is 7.11 Å². The first-order valence-corrected chi connectivity index (χ1v) is 6.35. The highest BCUT2D eigenvalue weighted by molar-refractivity contribution is 9.10. The van der Waals surface area contributed by atoms with Crippen LogP contribution < -0.4 is 0 Å². The van der Waals surface area contributed by atoms with Crippen molar-refractivity contribution in [3.63, 3.8) is 0 Å². The summed E-state index contributed by atoms with van der Waals surface area (Å²) in [4.78, 5) is 11.2. The monoisotopic (exact) mass is 308 g/mol. The maximum Gasteiger partial charge on any atom is 0.335 e. The van der Waals surface area contributed by atoms with E-state index in [1.807, 2.05) is 36.4 Å². The lowest BCUT2D eigenvalue weighted by Crippen LogP contribution is -2.24. The summed E-state index contributed by atoms with van der Waals surface area (Å²) >= 11 is 3.49. The zero-order valence-electron chi connectivity index (χ0n) is 9.89. The zero-order valence-corrected chi connectivity index (χ0v) is 11.5. The summed E-state index contributed by atoms with van der Waals surface area (Å²) in [5.74, 6) is -0.609. The summed E-state index contributed by atoms with van der Waals surface area (Å²) < 4.78 is 5.52. The van der Waals surface area contributed by atoms with Crippen LogP contribution in [0.15, 0.2) is 40.9 Å². The van der Waals surface area contributed by atoms with E-state index in [2.05, 4.69) is 20.7 Å². The Kier molecular flexibility index (Phi) is 3.99. The average Bonchev–Trinajstić information content (AvgIpc) is 2.41. The molecule has 2 aromatic carbocycles. The van der Waals surface area contributed by atoms with E-state index >= 15 is 0 Å². The van der Waals surface area contributed by atoms with E-state index in [4.69, 9.17) is 0 Å². The molecule has 0 amide bonds. The maximum absolute atomic E-state index is 11.2. The number of esters is 1. The normalized spacial score (nSPS) is 12.4. The average molecular weight is 309 g/mol. The van der Waals surface area contributed by atoms with Gasteiger partial charge in [-0.25, -0.2) is 4.79 Å². The second-order valence-corrected chi connectivity index (χ2v) is 4.85. The van der Waals surface area contributed by atoms with Crippen LogP contribution in [0.3, 0.4) is 0 Å². The van der Waals surface area contributed by atoms with Crippen LogP contribution in [0, 0.1) is 0 Å². The van der Waals surface area contributed by atoms with Gasteiger partial charge in [0.1, 0.15) is 0 Å². The molecule has 2 rings (SSSR count). The number of carbonyl (C=O) groups excluding carboxylic acids is 1. The predicted molar refractivity (Wildman–Crippen MR) is 73.4 cm³/mol. The van der Waals surface area contributed by atoms with E-state index in [1.54, 1.807) is 0 Å². The third kappa shape index (κ3) is 2.54.